The predicted octanol–water partition coefficient (Wildman–Crippen LogP) is 2.02. The lowest BCUT2D eigenvalue weighted by atomic mass is 10.3. The summed E-state index contributed by atoms with van der Waals surface area (Å²) in [4.78, 5) is 21.6. The van der Waals surface area contributed by atoms with Gasteiger partial charge in [0.2, 0.25) is 5.91 Å². The minimum absolute atomic E-state index is 0.419. The molecule has 3 heterocycles. The number of carbonyl (C=O) groups excluding carboxylic acids is 1. The summed E-state index contributed by atoms with van der Waals surface area (Å²) < 4.78 is 0. The molecule has 0 aliphatic heterocycles. The Kier molecular flexibility index (Phi) is 9.44. The van der Waals surface area contributed by atoms with Gasteiger partial charge in [0.1, 0.15) is 0 Å². The van der Waals surface area contributed by atoms with Crippen LogP contribution in [0, 0.1) is 11.3 Å². The lowest BCUT2D eigenvalue weighted by Crippen LogP contribution is -2.10. The van der Waals surface area contributed by atoms with E-state index in [1.165, 1.54) is 18.6 Å². The highest BCUT2D eigenvalue weighted by Gasteiger charge is 1.94. The van der Waals surface area contributed by atoms with Crippen molar-refractivity contribution in [1.29, 1.82) is 5.26 Å². The van der Waals surface area contributed by atoms with Crippen molar-refractivity contribution in [2.75, 3.05) is 0 Å². The number of amides is 1. The fourth-order valence-corrected chi connectivity index (χ4v) is 1.46. The van der Waals surface area contributed by atoms with Gasteiger partial charge in [0.15, 0.2) is 0 Å². The van der Waals surface area contributed by atoms with Crippen molar-refractivity contribution in [3.63, 3.8) is 0 Å². The molecule has 3 aromatic heterocycles. The van der Waals surface area contributed by atoms with E-state index >= 15 is 0 Å². The van der Waals surface area contributed by atoms with Crippen molar-refractivity contribution in [3.8, 4) is 6.07 Å². The fraction of sp³-hybridized carbons (Fsp3) is 0. The molecule has 0 unspecified atom stereocenters. The first-order valence-corrected chi connectivity index (χ1v) is 7.24. The molecule has 0 saturated carbocycles. The van der Waals surface area contributed by atoms with Crippen LogP contribution in [0.3, 0.4) is 0 Å². The highest BCUT2D eigenvalue weighted by molar-refractivity contribution is 5.92. The molecule has 0 spiro atoms. The zero-order chi connectivity index (χ0) is 19.0. The second-order valence-electron chi connectivity index (χ2n) is 4.47. The van der Waals surface area contributed by atoms with Crippen LogP contribution in [-0.2, 0) is 0 Å². The predicted molar refractivity (Wildman–Crippen MR) is 95.3 cm³/mol. The third kappa shape index (κ3) is 8.50. The molecule has 0 atom stereocenters. The number of nitriles is 1. The van der Waals surface area contributed by atoms with Gasteiger partial charge in [0.25, 0.3) is 0 Å². The number of hydrogen-bond donors (Lipinski definition) is 2. The number of hydrogen-bond acceptors (Lipinski definition) is 7. The molecule has 130 valence electrons. The quantitative estimate of drug-likeness (QED) is 0.413. The third-order valence-electron chi connectivity index (χ3n) is 2.69. The molecule has 8 heteroatoms. The minimum Gasteiger partial charge on any atom is -0.411 e. The van der Waals surface area contributed by atoms with E-state index < -0.39 is 5.91 Å². The number of nitrogens with zero attached hydrogens (tertiary/aromatic N) is 5. The van der Waals surface area contributed by atoms with Gasteiger partial charge in [-0.25, -0.2) is 0 Å². The summed E-state index contributed by atoms with van der Waals surface area (Å²) in [6.07, 6.45) is 10.9. The van der Waals surface area contributed by atoms with E-state index in [4.69, 9.17) is 16.2 Å². The van der Waals surface area contributed by atoms with E-state index in [0.29, 0.717) is 11.1 Å². The number of pyridine rings is 3. The highest BCUT2D eigenvalue weighted by Crippen LogP contribution is 1.92. The molecular formula is C18H16N6O2. The van der Waals surface area contributed by atoms with Crippen molar-refractivity contribution >= 4 is 12.1 Å². The van der Waals surface area contributed by atoms with Gasteiger partial charge in [0.05, 0.1) is 17.8 Å². The molecular weight excluding hydrogens is 332 g/mol. The smallest absolute Gasteiger partial charge is 0.248 e. The van der Waals surface area contributed by atoms with Crippen molar-refractivity contribution in [3.05, 3.63) is 90.3 Å². The van der Waals surface area contributed by atoms with Crippen LogP contribution in [0.4, 0.5) is 0 Å². The van der Waals surface area contributed by atoms with Crippen molar-refractivity contribution in [2.24, 2.45) is 10.9 Å². The Morgan fingerprint density at radius 1 is 0.962 bits per heavy atom. The van der Waals surface area contributed by atoms with Gasteiger partial charge in [-0.05, 0) is 42.0 Å². The molecule has 3 rings (SSSR count). The first kappa shape index (κ1) is 19.9. The molecule has 0 radical (unpaired) electrons. The van der Waals surface area contributed by atoms with Crippen LogP contribution in [0.5, 0.6) is 0 Å². The van der Waals surface area contributed by atoms with Crippen LogP contribution >= 0.6 is 0 Å². The second kappa shape index (κ2) is 12.3. The van der Waals surface area contributed by atoms with Gasteiger partial charge in [-0.3, -0.25) is 19.7 Å². The Morgan fingerprint density at radius 3 is 1.77 bits per heavy atom. The molecule has 26 heavy (non-hydrogen) atoms. The van der Waals surface area contributed by atoms with Crippen LogP contribution in [0.15, 0.2) is 78.7 Å². The van der Waals surface area contributed by atoms with Gasteiger partial charge in [-0.1, -0.05) is 5.16 Å². The van der Waals surface area contributed by atoms with Crippen LogP contribution in [0.25, 0.3) is 0 Å². The maximum Gasteiger partial charge on any atom is 0.248 e. The largest absolute Gasteiger partial charge is 0.411 e. The van der Waals surface area contributed by atoms with E-state index in [1.807, 2.05) is 6.07 Å². The lowest BCUT2D eigenvalue weighted by Gasteiger charge is -1.88. The first-order chi connectivity index (χ1) is 12.7. The molecule has 3 N–H and O–H groups in total. The molecule has 0 aromatic carbocycles. The fourth-order valence-electron chi connectivity index (χ4n) is 1.46. The summed E-state index contributed by atoms with van der Waals surface area (Å²) in [7, 11) is 0. The SMILES string of the molecule is N#Cc1ccncc1.NC(=O)c1ccncc1.ON=Cc1ccncc1. The average molecular weight is 348 g/mol. The van der Waals surface area contributed by atoms with Gasteiger partial charge < -0.3 is 10.9 Å². The van der Waals surface area contributed by atoms with Gasteiger partial charge in [-0.2, -0.15) is 5.26 Å². The van der Waals surface area contributed by atoms with Crippen molar-refractivity contribution in [2.45, 2.75) is 0 Å². The summed E-state index contributed by atoms with van der Waals surface area (Å²) in [6.45, 7) is 0. The van der Waals surface area contributed by atoms with E-state index in [1.54, 1.807) is 61.2 Å². The highest BCUT2D eigenvalue weighted by atomic mass is 16.4. The standard InChI is InChI=1S/2C6H6N2O.C6H4N2/c9-8-5-6-1-3-7-4-2-6;7-6(9)5-1-3-8-4-2-5;7-5-6-1-3-8-4-2-6/h1-5,9H;1-4H,(H2,7,9);1-4H. The first-order valence-electron chi connectivity index (χ1n) is 7.24. The zero-order valence-electron chi connectivity index (χ0n) is 13.7. The lowest BCUT2D eigenvalue weighted by molar-refractivity contribution is 0.1000. The molecule has 1 amide bonds. The summed E-state index contributed by atoms with van der Waals surface area (Å²) in [5.41, 5.74) is 6.93. The topological polar surface area (TPSA) is 138 Å². The number of aromatic nitrogens is 3. The summed E-state index contributed by atoms with van der Waals surface area (Å²) in [6, 6.07) is 12.0. The van der Waals surface area contributed by atoms with Crippen molar-refractivity contribution in [1.82, 2.24) is 15.0 Å². The van der Waals surface area contributed by atoms with Crippen LogP contribution < -0.4 is 5.73 Å². The van der Waals surface area contributed by atoms with Crippen LogP contribution in [-0.4, -0.2) is 32.3 Å². The second-order valence-corrected chi connectivity index (χ2v) is 4.47. The Bertz CT molecular complexity index is 834. The summed E-state index contributed by atoms with van der Waals surface area (Å²) in [5, 5.41) is 19.2. The zero-order valence-corrected chi connectivity index (χ0v) is 13.7. The summed E-state index contributed by atoms with van der Waals surface area (Å²) >= 11 is 0. The number of primary amides is 1. The number of rotatable bonds is 2. The monoisotopic (exact) mass is 348 g/mol. The Balaban J connectivity index is 0.000000195. The molecule has 8 nitrogen and oxygen atoms in total. The maximum absolute atomic E-state index is 10.4. The van der Waals surface area contributed by atoms with Gasteiger partial charge >= 0.3 is 0 Å². The maximum atomic E-state index is 10.4. The van der Waals surface area contributed by atoms with E-state index in [2.05, 4.69) is 20.1 Å². The van der Waals surface area contributed by atoms with Crippen LogP contribution in [0.2, 0.25) is 0 Å². The molecule has 3 aromatic rings. The number of carbonyl (C=O) groups is 1. The van der Waals surface area contributed by atoms with E-state index in [-0.39, 0.29) is 0 Å². The molecule has 0 saturated heterocycles. The normalized spacial score (nSPS) is 9.04. The summed E-state index contributed by atoms with van der Waals surface area (Å²) in [5.74, 6) is -0.419. The van der Waals surface area contributed by atoms with Crippen molar-refractivity contribution < 1.29 is 10.0 Å². The third-order valence-corrected chi connectivity index (χ3v) is 2.69. The number of oxime groups is 1. The Labute approximate surface area is 150 Å². The minimum atomic E-state index is -0.419. The van der Waals surface area contributed by atoms with E-state index in [0.717, 1.165) is 5.56 Å². The Hall–Kier alpha value is -4.12. The number of nitrogens with two attached hydrogens (primary N) is 1. The Morgan fingerprint density at radius 2 is 1.42 bits per heavy atom. The van der Waals surface area contributed by atoms with Gasteiger partial charge in [-0.15, -0.1) is 0 Å². The molecule has 0 bridgehead atoms. The van der Waals surface area contributed by atoms with E-state index in [9.17, 15) is 4.79 Å². The molecule has 0 fully saturated rings. The van der Waals surface area contributed by atoms with Gasteiger partial charge in [0, 0.05) is 42.7 Å². The molecule has 0 aliphatic rings. The van der Waals surface area contributed by atoms with Crippen LogP contribution in [0.1, 0.15) is 21.5 Å². The molecule has 0 aliphatic carbocycles. The average Bonchev–Trinajstić information content (AvgIpc) is 2.71.